The van der Waals surface area contributed by atoms with Gasteiger partial charge < -0.3 is 0 Å². The molecule has 0 fully saturated rings. The predicted molar refractivity (Wildman–Crippen MR) is 73.4 cm³/mol. The highest BCUT2D eigenvalue weighted by Gasteiger charge is 2.09. The third-order valence-corrected chi connectivity index (χ3v) is 3.11. The van der Waals surface area contributed by atoms with Crippen molar-refractivity contribution in [2.75, 3.05) is 0 Å². The maximum Gasteiger partial charge on any atom is 0.147 e. The molecule has 0 saturated carbocycles. The van der Waals surface area contributed by atoms with Crippen LogP contribution in [-0.2, 0) is 6.42 Å². The molecular weight excluding hydrogens is 244 g/mol. The van der Waals surface area contributed by atoms with E-state index in [-0.39, 0.29) is 5.15 Å². The molecule has 1 heterocycles. The number of nitrogens with zero attached hydrogens (tertiary/aromatic N) is 2. The zero-order chi connectivity index (χ0) is 13.0. The summed E-state index contributed by atoms with van der Waals surface area (Å²) in [6.07, 6.45) is 3.82. The van der Waals surface area contributed by atoms with Crippen LogP contribution in [0.15, 0.2) is 36.5 Å². The minimum Gasteiger partial charge on any atom is -0.243 e. The highest BCUT2D eigenvalue weighted by molar-refractivity contribution is 6.30. The molecule has 0 aliphatic heterocycles. The van der Waals surface area contributed by atoms with Crippen LogP contribution in [0.2, 0.25) is 5.15 Å². The first-order valence-corrected chi connectivity index (χ1v) is 6.28. The molecule has 0 bridgehead atoms. The Labute approximate surface area is 112 Å². The fourth-order valence-corrected chi connectivity index (χ4v) is 2.12. The van der Waals surface area contributed by atoms with Crippen LogP contribution in [0.4, 0.5) is 0 Å². The minimum atomic E-state index is 0.257. The number of hydrogen-bond donors (Lipinski definition) is 0. The van der Waals surface area contributed by atoms with Crippen molar-refractivity contribution in [1.29, 1.82) is 5.26 Å². The lowest BCUT2D eigenvalue weighted by molar-refractivity contribution is 0.922. The Bertz CT molecular complexity index is 582. The van der Waals surface area contributed by atoms with Crippen molar-refractivity contribution < 1.29 is 0 Å². The Balaban J connectivity index is 2.43. The highest BCUT2D eigenvalue weighted by atomic mass is 35.5. The summed E-state index contributed by atoms with van der Waals surface area (Å²) in [5.41, 5.74) is 3.57. The van der Waals surface area contributed by atoms with Crippen LogP contribution < -0.4 is 0 Å². The Hall–Kier alpha value is -1.85. The summed E-state index contributed by atoms with van der Waals surface area (Å²) in [5.74, 6) is 0. The molecule has 1 aromatic heterocycles. The fourth-order valence-electron chi connectivity index (χ4n) is 1.92. The van der Waals surface area contributed by atoms with Crippen molar-refractivity contribution in [2.45, 2.75) is 19.8 Å². The topological polar surface area (TPSA) is 36.7 Å². The van der Waals surface area contributed by atoms with Gasteiger partial charge >= 0.3 is 0 Å². The summed E-state index contributed by atoms with van der Waals surface area (Å²) in [6.45, 7) is 2.16. The monoisotopic (exact) mass is 256 g/mol. The quantitative estimate of drug-likeness (QED) is 0.771. The number of rotatable bonds is 3. The van der Waals surface area contributed by atoms with E-state index < -0.39 is 0 Å². The van der Waals surface area contributed by atoms with Gasteiger partial charge in [0, 0.05) is 11.8 Å². The van der Waals surface area contributed by atoms with E-state index in [1.54, 1.807) is 6.20 Å². The van der Waals surface area contributed by atoms with Crippen LogP contribution >= 0.6 is 11.6 Å². The molecule has 2 aromatic rings. The van der Waals surface area contributed by atoms with Crippen LogP contribution in [0.25, 0.3) is 11.1 Å². The molecule has 1 aromatic carbocycles. The number of pyridine rings is 1. The van der Waals surface area contributed by atoms with Crippen LogP contribution in [0.1, 0.15) is 24.5 Å². The second-order valence-corrected chi connectivity index (χ2v) is 4.44. The molecule has 0 N–H and O–H groups in total. The molecule has 0 saturated heterocycles. The van der Waals surface area contributed by atoms with Crippen LogP contribution in [0, 0.1) is 11.3 Å². The van der Waals surface area contributed by atoms with Crippen molar-refractivity contribution >= 4 is 11.6 Å². The normalized spacial score (nSPS) is 10.1. The van der Waals surface area contributed by atoms with Gasteiger partial charge in [0.25, 0.3) is 0 Å². The van der Waals surface area contributed by atoms with Gasteiger partial charge in [0.1, 0.15) is 11.2 Å². The molecule has 0 atom stereocenters. The lowest BCUT2D eigenvalue weighted by Crippen LogP contribution is -1.89. The van der Waals surface area contributed by atoms with Gasteiger partial charge in [-0.3, -0.25) is 0 Å². The first kappa shape index (κ1) is 12.6. The second kappa shape index (κ2) is 5.66. The molecule has 0 amide bonds. The van der Waals surface area contributed by atoms with Crippen LogP contribution in [-0.4, -0.2) is 4.98 Å². The molecule has 90 valence electrons. The summed E-state index contributed by atoms with van der Waals surface area (Å²) in [4.78, 5) is 3.93. The van der Waals surface area contributed by atoms with Gasteiger partial charge in [-0.25, -0.2) is 4.98 Å². The van der Waals surface area contributed by atoms with E-state index in [0.29, 0.717) is 5.56 Å². The number of halogens is 1. The maximum atomic E-state index is 9.12. The Morgan fingerprint density at radius 2 is 1.94 bits per heavy atom. The zero-order valence-corrected chi connectivity index (χ0v) is 10.9. The minimum absolute atomic E-state index is 0.257. The van der Waals surface area contributed by atoms with Gasteiger partial charge in [-0.15, -0.1) is 0 Å². The molecule has 0 spiro atoms. The predicted octanol–water partition coefficient (Wildman–Crippen LogP) is 4.23. The van der Waals surface area contributed by atoms with E-state index in [2.05, 4.69) is 30.1 Å². The van der Waals surface area contributed by atoms with E-state index in [1.165, 1.54) is 5.56 Å². The van der Waals surface area contributed by atoms with Crippen molar-refractivity contribution in [3.05, 3.63) is 52.8 Å². The lowest BCUT2D eigenvalue weighted by atomic mass is 10.00. The largest absolute Gasteiger partial charge is 0.243 e. The van der Waals surface area contributed by atoms with Crippen LogP contribution in [0.3, 0.4) is 0 Å². The van der Waals surface area contributed by atoms with Gasteiger partial charge in [0.05, 0.1) is 5.56 Å². The average Bonchev–Trinajstić information content (AvgIpc) is 2.40. The van der Waals surface area contributed by atoms with E-state index in [0.717, 1.165) is 24.0 Å². The van der Waals surface area contributed by atoms with Gasteiger partial charge in [0.15, 0.2) is 0 Å². The standard InChI is InChI=1S/C15H13ClN2/c1-2-3-11-4-6-12(7-5-11)13-8-9-18-15(16)14(13)10-17/h4-9H,2-3H2,1H3. The number of benzene rings is 1. The molecule has 2 nitrogen and oxygen atoms in total. The summed E-state index contributed by atoms with van der Waals surface area (Å²) in [5, 5.41) is 9.38. The van der Waals surface area contributed by atoms with Gasteiger partial charge in [0.2, 0.25) is 0 Å². The first-order valence-electron chi connectivity index (χ1n) is 5.90. The van der Waals surface area contributed by atoms with Crippen molar-refractivity contribution in [3.63, 3.8) is 0 Å². The van der Waals surface area contributed by atoms with E-state index in [1.807, 2.05) is 18.2 Å². The highest BCUT2D eigenvalue weighted by Crippen LogP contribution is 2.27. The smallest absolute Gasteiger partial charge is 0.147 e. The Morgan fingerprint density at radius 1 is 1.22 bits per heavy atom. The molecule has 0 aliphatic rings. The molecule has 0 radical (unpaired) electrons. The van der Waals surface area contributed by atoms with Crippen molar-refractivity contribution in [3.8, 4) is 17.2 Å². The SMILES string of the molecule is CCCc1ccc(-c2ccnc(Cl)c2C#N)cc1. The van der Waals surface area contributed by atoms with E-state index in [4.69, 9.17) is 16.9 Å². The molecule has 2 rings (SSSR count). The average molecular weight is 257 g/mol. The van der Waals surface area contributed by atoms with Gasteiger partial charge in [-0.1, -0.05) is 49.2 Å². The fraction of sp³-hybridized carbons (Fsp3) is 0.200. The number of aromatic nitrogens is 1. The molecule has 0 unspecified atom stereocenters. The number of hydrogen-bond acceptors (Lipinski definition) is 2. The summed E-state index contributed by atoms with van der Waals surface area (Å²) in [6, 6.07) is 12.2. The van der Waals surface area contributed by atoms with Crippen molar-refractivity contribution in [1.82, 2.24) is 4.98 Å². The summed E-state index contributed by atoms with van der Waals surface area (Å²) < 4.78 is 0. The van der Waals surface area contributed by atoms with Crippen LogP contribution in [0.5, 0.6) is 0 Å². The van der Waals surface area contributed by atoms with Crippen molar-refractivity contribution in [2.24, 2.45) is 0 Å². The third-order valence-electron chi connectivity index (χ3n) is 2.82. The molecular formula is C15H13ClN2. The zero-order valence-electron chi connectivity index (χ0n) is 10.2. The number of nitriles is 1. The van der Waals surface area contributed by atoms with Gasteiger partial charge in [-0.2, -0.15) is 5.26 Å². The summed E-state index contributed by atoms with van der Waals surface area (Å²) >= 11 is 5.93. The summed E-state index contributed by atoms with van der Waals surface area (Å²) in [7, 11) is 0. The van der Waals surface area contributed by atoms with E-state index in [9.17, 15) is 0 Å². The number of aryl methyl sites for hydroxylation is 1. The third kappa shape index (κ3) is 2.52. The second-order valence-electron chi connectivity index (χ2n) is 4.08. The Morgan fingerprint density at radius 3 is 2.56 bits per heavy atom. The lowest BCUT2D eigenvalue weighted by Gasteiger charge is -2.06. The first-order chi connectivity index (χ1) is 8.76. The van der Waals surface area contributed by atoms with Gasteiger partial charge in [-0.05, 0) is 23.6 Å². The van der Waals surface area contributed by atoms with E-state index >= 15 is 0 Å². The molecule has 3 heteroatoms. The maximum absolute atomic E-state index is 9.12. The molecule has 0 aliphatic carbocycles. The molecule has 18 heavy (non-hydrogen) atoms. The Kier molecular flexibility index (Phi) is 3.96.